The van der Waals surface area contributed by atoms with Crippen molar-refractivity contribution in [2.75, 3.05) is 31.5 Å². The Balaban J connectivity index is 1.77. The minimum Gasteiger partial charge on any atom is -0.444 e. The van der Waals surface area contributed by atoms with Gasteiger partial charge in [-0.05, 0) is 56.0 Å². The molecule has 1 aliphatic rings. The van der Waals surface area contributed by atoms with Gasteiger partial charge < -0.3 is 14.5 Å². The lowest BCUT2D eigenvalue weighted by atomic mass is 10.0. The van der Waals surface area contributed by atoms with Crippen molar-refractivity contribution in [3.05, 3.63) is 42.0 Å². The van der Waals surface area contributed by atoms with Gasteiger partial charge in [-0.3, -0.25) is 14.9 Å². The lowest BCUT2D eigenvalue weighted by molar-refractivity contribution is -0.132. The number of nitrogens with one attached hydrogen (secondary N) is 1. The van der Waals surface area contributed by atoms with E-state index in [9.17, 15) is 14.4 Å². The molecule has 3 amide bonds. The van der Waals surface area contributed by atoms with E-state index in [1.54, 1.807) is 31.7 Å². The van der Waals surface area contributed by atoms with E-state index in [4.69, 9.17) is 4.74 Å². The minimum atomic E-state index is -0.649. The minimum absolute atomic E-state index is 0.147. The Hall–Kier alpha value is -3.09. The summed E-state index contributed by atoms with van der Waals surface area (Å²) >= 11 is 0. The summed E-state index contributed by atoms with van der Waals surface area (Å²) < 4.78 is 5.39. The highest BCUT2D eigenvalue weighted by atomic mass is 16.6. The molecule has 7 heteroatoms. The Labute approximate surface area is 196 Å². The number of rotatable bonds is 5. The Kier molecular flexibility index (Phi) is 7.61. The van der Waals surface area contributed by atoms with Gasteiger partial charge in [-0.1, -0.05) is 38.1 Å². The number of anilines is 1. The van der Waals surface area contributed by atoms with Gasteiger partial charge in [0.2, 0.25) is 5.91 Å². The number of hydrogen-bond acceptors (Lipinski definition) is 4. The van der Waals surface area contributed by atoms with Crippen molar-refractivity contribution in [1.29, 1.82) is 0 Å². The molecule has 3 rings (SSSR count). The van der Waals surface area contributed by atoms with Crippen molar-refractivity contribution in [3.8, 4) is 0 Å². The lowest BCUT2D eigenvalue weighted by Crippen LogP contribution is -2.50. The first-order valence-electron chi connectivity index (χ1n) is 11.6. The van der Waals surface area contributed by atoms with Crippen LogP contribution in [0.2, 0.25) is 0 Å². The van der Waals surface area contributed by atoms with Crippen molar-refractivity contribution >= 4 is 34.4 Å². The second-order valence-electron chi connectivity index (χ2n) is 9.98. The van der Waals surface area contributed by atoms with E-state index in [1.165, 1.54) is 0 Å². The Morgan fingerprint density at radius 2 is 1.55 bits per heavy atom. The first-order chi connectivity index (χ1) is 15.5. The number of amides is 3. The van der Waals surface area contributed by atoms with Gasteiger partial charge in [-0.2, -0.15) is 0 Å². The monoisotopic (exact) mass is 453 g/mol. The standard InChI is InChI=1S/C26H35N3O4/c1-18(2)10-11-23(30)28-12-14-29(15-13-28)24(31)21-16-19-8-6-7-9-20(19)17-22(21)27-25(32)33-26(3,4)5/h6-9,16-18H,10-15H2,1-5H3,(H,27,32). The molecule has 33 heavy (non-hydrogen) atoms. The van der Waals surface area contributed by atoms with Crippen molar-refractivity contribution in [1.82, 2.24) is 9.80 Å². The summed E-state index contributed by atoms with van der Waals surface area (Å²) in [5.74, 6) is 0.468. The third-order valence-corrected chi connectivity index (χ3v) is 5.61. The predicted octanol–water partition coefficient (Wildman–Crippen LogP) is 4.91. The SMILES string of the molecule is CC(C)CCC(=O)N1CCN(C(=O)c2cc3ccccc3cc2NC(=O)OC(C)(C)C)CC1. The highest BCUT2D eigenvalue weighted by Crippen LogP contribution is 2.27. The van der Waals surface area contributed by atoms with Crippen molar-refractivity contribution in [3.63, 3.8) is 0 Å². The van der Waals surface area contributed by atoms with Crippen LogP contribution < -0.4 is 5.32 Å². The second-order valence-corrected chi connectivity index (χ2v) is 9.98. The fourth-order valence-electron chi connectivity index (χ4n) is 3.83. The summed E-state index contributed by atoms with van der Waals surface area (Å²) in [5.41, 5.74) is 0.186. The zero-order valence-electron chi connectivity index (χ0n) is 20.3. The smallest absolute Gasteiger partial charge is 0.412 e. The zero-order valence-corrected chi connectivity index (χ0v) is 20.3. The lowest BCUT2D eigenvalue weighted by Gasteiger charge is -2.35. The average molecular weight is 454 g/mol. The molecule has 7 nitrogen and oxygen atoms in total. The van der Waals surface area contributed by atoms with Gasteiger partial charge in [0.25, 0.3) is 5.91 Å². The van der Waals surface area contributed by atoms with Crippen LogP contribution >= 0.6 is 0 Å². The molecule has 0 bridgehead atoms. The maximum Gasteiger partial charge on any atom is 0.412 e. The summed E-state index contributed by atoms with van der Waals surface area (Å²) in [5, 5.41) is 4.59. The Morgan fingerprint density at radius 3 is 2.12 bits per heavy atom. The van der Waals surface area contributed by atoms with Gasteiger partial charge in [-0.15, -0.1) is 0 Å². The van der Waals surface area contributed by atoms with Gasteiger partial charge in [0.05, 0.1) is 11.3 Å². The predicted molar refractivity (Wildman–Crippen MR) is 130 cm³/mol. The summed E-state index contributed by atoms with van der Waals surface area (Å²) in [6.07, 6.45) is 0.807. The number of carbonyl (C=O) groups is 3. The molecule has 1 heterocycles. The molecule has 0 spiro atoms. The highest BCUT2D eigenvalue weighted by molar-refractivity contribution is 6.07. The third-order valence-electron chi connectivity index (χ3n) is 5.61. The van der Waals surface area contributed by atoms with Crippen LogP contribution in [0.4, 0.5) is 10.5 Å². The average Bonchev–Trinajstić information content (AvgIpc) is 2.75. The molecular formula is C26H35N3O4. The Morgan fingerprint density at radius 1 is 0.970 bits per heavy atom. The number of hydrogen-bond donors (Lipinski definition) is 1. The van der Waals surface area contributed by atoms with E-state index in [1.807, 2.05) is 35.2 Å². The molecule has 2 aromatic carbocycles. The third kappa shape index (κ3) is 6.70. The van der Waals surface area contributed by atoms with E-state index in [-0.39, 0.29) is 11.8 Å². The molecule has 1 aliphatic heterocycles. The number of carbonyl (C=O) groups excluding carboxylic acids is 3. The quantitative estimate of drug-likeness (QED) is 0.698. The number of benzene rings is 2. The van der Waals surface area contributed by atoms with Crippen LogP contribution in [0.25, 0.3) is 10.8 Å². The summed E-state index contributed by atoms with van der Waals surface area (Å²) in [7, 11) is 0. The zero-order chi connectivity index (χ0) is 24.2. The topological polar surface area (TPSA) is 79.0 Å². The van der Waals surface area contributed by atoms with E-state index in [2.05, 4.69) is 19.2 Å². The molecular weight excluding hydrogens is 418 g/mol. The number of nitrogens with zero attached hydrogens (tertiary/aromatic N) is 2. The van der Waals surface area contributed by atoms with Gasteiger partial charge in [0.15, 0.2) is 0 Å². The molecule has 0 saturated carbocycles. The second kappa shape index (κ2) is 10.2. The molecule has 1 saturated heterocycles. The highest BCUT2D eigenvalue weighted by Gasteiger charge is 2.27. The molecule has 0 radical (unpaired) electrons. The molecule has 1 fully saturated rings. The van der Waals surface area contributed by atoms with Gasteiger partial charge in [0.1, 0.15) is 5.60 Å². The molecule has 2 aromatic rings. The summed E-state index contributed by atoms with van der Waals surface area (Å²) in [6.45, 7) is 11.6. The van der Waals surface area contributed by atoms with Crippen molar-refractivity contribution in [2.24, 2.45) is 5.92 Å². The number of piperazine rings is 1. The first-order valence-corrected chi connectivity index (χ1v) is 11.6. The van der Waals surface area contributed by atoms with Crippen LogP contribution in [0.1, 0.15) is 57.8 Å². The van der Waals surface area contributed by atoms with E-state index >= 15 is 0 Å². The van der Waals surface area contributed by atoms with Crippen LogP contribution in [0.15, 0.2) is 36.4 Å². The Bertz CT molecular complexity index is 1020. The van der Waals surface area contributed by atoms with Crippen LogP contribution in [0.5, 0.6) is 0 Å². The van der Waals surface area contributed by atoms with Crippen LogP contribution in [-0.4, -0.2) is 59.5 Å². The van der Waals surface area contributed by atoms with Gasteiger partial charge in [0, 0.05) is 32.6 Å². The summed E-state index contributed by atoms with van der Waals surface area (Å²) in [4.78, 5) is 41.9. The number of ether oxygens (including phenoxy) is 1. The largest absolute Gasteiger partial charge is 0.444 e. The molecule has 178 valence electrons. The van der Waals surface area contributed by atoms with Crippen LogP contribution in [0, 0.1) is 5.92 Å². The molecule has 1 N–H and O–H groups in total. The van der Waals surface area contributed by atoms with Gasteiger partial charge in [-0.25, -0.2) is 4.79 Å². The maximum absolute atomic E-state index is 13.5. The normalized spacial score (nSPS) is 14.5. The molecule has 0 unspecified atom stereocenters. The van der Waals surface area contributed by atoms with E-state index < -0.39 is 11.7 Å². The molecule has 0 atom stereocenters. The first kappa shape index (κ1) is 24.6. The van der Waals surface area contributed by atoms with Crippen LogP contribution in [0.3, 0.4) is 0 Å². The van der Waals surface area contributed by atoms with E-state index in [0.29, 0.717) is 49.8 Å². The van der Waals surface area contributed by atoms with Crippen LogP contribution in [-0.2, 0) is 9.53 Å². The van der Waals surface area contributed by atoms with E-state index in [0.717, 1.165) is 17.2 Å². The van der Waals surface area contributed by atoms with Crippen molar-refractivity contribution in [2.45, 2.75) is 53.1 Å². The maximum atomic E-state index is 13.5. The summed E-state index contributed by atoms with van der Waals surface area (Å²) in [6, 6.07) is 11.3. The fraction of sp³-hybridized carbons (Fsp3) is 0.500. The molecule has 0 aromatic heterocycles. The van der Waals surface area contributed by atoms with Crippen molar-refractivity contribution < 1.29 is 19.1 Å². The van der Waals surface area contributed by atoms with Gasteiger partial charge >= 0.3 is 6.09 Å². The fourth-order valence-corrected chi connectivity index (χ4v) is 3.83. The molecule has 0 aliphatic carbocycles. The number of fused-ring (bicyclic) bond motifs is 1.